The van der Waals surface area contributed by atoms with E-state index in [0.717, 1.165) is 57.1 Å². The highest BCUT2D eigenvalue weighted by Gasteiger charge is 2.14. The van der Waals surface area contributed by atoms with Gasteiger partial charge in [-0.15, -0.1) is 24.0 Å². The summed E-state index contributed by atoms with van der Waals surface area (Å²) in [4.78, 5) is 18.1. The van der Waals surface area contributed by atoms with E-state index in [1.807, 2.05) is 14.0 Å². The van der Waals surface area contributed by atoms with Gasteiger partial charge < -0.3 is 20.3 Å². The summed E-state index contributed by atoms with van der Waals surface area (Å²) < 4.78 is 4.93. The summed E-state index contributed by atoms with van der Waals surface area (Å²) in [6.45, 7) is 10.2. The van der Waals surface area contributed by atoms with Gasteiger partial charge in [0.25, 0.3) is 0 Å². The van der Waals surface area contributed by atoms with Crippen LogP contribution in [0.5, 0.6) is 0 Å². The summed E-state index contributed by atoms with van der Waals surface area (Å²) in [5.74, 6) is 1.72. The van der Waals surface area contributed by atoms with Crippen molar-refractivity contribution < 1.29 is 9.53 Å². The summed E-state index contributed by atoms with van der Waals surface area (Å²) in [5, 5.41) is 6.77. The Balaban J connectivity index is 0.00000676. The van der Waals surface area contributed by atoms with Gasteiger partial charge in [-0.25, -0.2) is 0 Å². The second kappa shape index (κ2) is 17.5. The minimum absolute atomic E-state index is 0. The molecule has 6 nitrogen and oxygen atoms in total. The van der Waals surface area contributed by atoms with E-state index in [1.165, 1.54) is 32.5 Å². The maximum absolute atomic E-state index is 11.2. The summed E-state index contributed by atoms with van der Waals surface area (Å²) in [5.41, 5.74) is 0. The third-order valence-electron chi connectivity index (χ3n) is 4.95. The molecule has 0 bridgehead atoms. The van der Waals surface area contributed by atoms with Crippen molar-refractivity contribution in [2.24, 2.45) is 10.9 Å². The fraction of sp³-hybridized carbons (Fsp3) is 0.900. The Kier molecular flexibility index (Phi) is 17.2. The number of likely N-dealkylation sites (tertiary alicyclic amines) is 1. The van der Waals surface area contributed by atoms with Crippen LogP contribution in [0.25, 0.3) is 0 Å². The first-order chi connectivity index (χ1) is 12.7. The molecular weight excluding hydrogens is 455 g/mol. The topological polar surface area (TPSA) is 66.0 Å². The molecule has 160 valence electrons. The van der Waals surface area contributed by atoms with Crippen molar-refractivity contribution in [1.82, 2.24) is 15.5 Å². The SMILES string of the molecule is CCOC(=O)CCCCCCNC(=NC)NCCCN1CCC(C)CC1.I. The van der Waals surface area contributed by atoms with E-state index in [4.69, 9.17) is 4.74 Å². The van der Waals surface area contributed by atoms with Crippen LogP contribution < -0.4 is 10.6 Å². The number of ether oxygens (including phenoxy) is 1. The molecule has 1 heterocycles. The molecule has 0 aromatic rings. The maximum atomic E-state index is 11.2. The van der Waals surface area contributed by atoms with Gasteiger partial charge >= 0.3 is 5.97 Å². The first-order valence-electron chi connectivity index (χ1n) is 10.5. The Labute approximate surface area is 183 Å². The normalized spacial score (nSPS) is 15.9. The number of carbonyl (C=O) groups is 1. The predicted molar refractivity (Wildman–Crippen MR) is 124 cm³/mol. The highest BCUT2D eigenvalue weighted by Crippen LogP contribution is 2.15. The van der Waals surface area contributed by atoms with Crippen LogP contribution >= 0.6 is 24.0 Å². The Bertz CT molecular complexity index is 399. The predicted octanol–water partition coefficient (Wildman–Crippen LogP) is 3.41. The van der Waals surface area contributed by atoms with Gasteiger partial charge in [0, 0.05) is 26.6 Å². The fourth-order valence-electron chi connectivity index (χ4n) is 3.20. The zero-order chi connectivity index (χ0) is 19.0. The van der Waals surface area contributed by atoms with Gasteiger partial charge in [-0.05, 0) is 64.6 Å². The van der Waals surface area contributed by atoms with Gasteiger partial charge in [0.1, 0.15) is 0 Å². The van der Waals surface area contributed by atoms with Crippen LogP contribution in [0.1, 0.15) is 65.2 Å². The minimum atomic E-state index is -0.0747. The lowest BCUT2D eigenvalue weighted by Gasteiger charge is -2.30. The van der Waals surface area contributed by atoms with Crippen LogP contribution in [0, 0.1) is 5.92 Å². The zero-order valence-corrected chi connectivity index (χ0v) is 19.9. The van der Waals surface area contributed by atoms with Crippen LogP contribution in [-0.4, -0.2) is 63.2 Å². The molecule has 0 saturated carbocycles. The van der Waals surface area contributed by atoms with E-state index >= 15 is 0 Å². The highest BCUT2D eigenvalue weighted by molar-refractivity contribution is 14.0. The molecule has 0 aliphatic carbocycles. The summed E-state index contributed by atoms with van der Waals surface area (Å²) in [7, 11) is 1.82. The van der Waals surface area contributed by atoms with Crippen molar-refractivity contribution in [1.29, 1.82) is 0 Å². The van der Waals surface area contributed by atoms with E-state index in [0.29, 0.717) is 13.0 Å². The number of hydrogen-bond donors (Lipinski definition) is 2. The van der Waals surface area contributed by atoms with Crippen molar-refractivity contribution in [2.75, 3.05) is 46.4 Å². The van der Waals surface area contributed by atoms with E-state index < -0.39 is 0 Å². The molecule has 0 unspecified atom stereocenters. The molecule has 7 heteroatoms. The number of piperidine rings is 1. The van der Waals surface area contributed by atoms with Crippen LogP contribution in [0.3, 0.4) is 0 Å². The minimum Gasteiger partial charge on any atom is -0.466 e. The summed E-state index contributed by atoms with van der Waals surface area (Å²) in [6.07, 6.45) is 8.59. The smallest absolute Gasteiger partial charge is 0.305 e. The molecule has 1 aliphatic rings. The van der Waals surface area contributed by atoms with E-state index in [1.54, 1.807) is 0 Å². The van der Waals surface area contributed by atoms with Gasteiger partial charge in [0.2, 0.25) is 0 Å². The molecular formula is C20H41IN4O2. The van der Waals surface area contributed by atoms with Crippen LogP contribution in [0.4, 0.5) is 0 Å². The molecule has 1 saturated heterocycles. The number of rotatable bonds is 12. The third-order valence-corrected chi connectivity index (χ3v) is 4.95. The number of unbranched alkanes of at least 4 members (excludes halogenated alkanes) is 3. The van der Waals surface area contributed by atoms with Crippen molar-refractivity contribution in [3.05, 3.63) is 0 Å². The maximum Gasteiger partial charge on any atom is 0.305 e. The van der Waals surface area contributed by atoms with E-state index in [2.05, 4.69) is 27.4 Å². The van der Waals surface area contributed by atoms with Gasteiger partial charge in [0.05, 0.1) is 6.61 Å². The molecule has 0 amide bonds. The van der Waals surface area contributed by atoms with Crippen molar-refractivity contribution >= 4 is 35.9 Å². The number of nitrogens with one attached hydrogen (secondary N) is 2. The number of aliphatic imine (C=N–C) groups is 1. The van der Waals surface area contributed by atoms with E-state index in [-0.39, 0.29) is 29.9 Å². The number of halogens is 1. The van der Waals surface area contributed by atoms with Gasteiger partial charge in [0.15, 0.2) is 5.96 Å². The number of esters is 1. The van der Waals surface area contributed by atoms with Crippen molar-refractivity contribution in [2.45, 2.75) is 65.2 Å². The second-order valence-corrected chi connectivity index (χ2v) is 7.27. The Morgan fingerprint density at radius 2 is 1.70 bits per heavy atom. The monoisotopic (exact) mass is 496 g/mol. The molecule has 0 spiro atoms. The lowest BCUT2D eigenvalue weighted by atomic mass is 9.99. The molecule has 0 aromatic carbocycles. The van der Waals surface area contributed by atoms with Crippen LogP contribution in [-0.2, 0) is 9.53 Å². The highest BCUT2D eigenvalue weighted by atomic mass is 127. The number of hydrogen-bond acceptors (Lipinski definition) is 4. The van der Waals surface area contributed by atoms with E-state index in [9.17, 15) is 4.79 Å². The van der Waals surface area contributed by atoms with Gasteiger partial charge in [-0.1, -0.05) is 19.8 Å². The molecule has 1 fully saturated rings. The van der Waals surface area contributed by atoms with Crippen LogP contribution in [0.15, 0.2) is 4.99 Å². The standard InChI is InChI=1S/C20H40N4O2.HI/c1-4-26-19(25)10-7-5-6-8-13-22-20(21-3)23-14-9-15-24-16-11-18(2)12-17-24;/h18H,4-17H2,1-3H3,(H2,21,22,23);1H. The first kappa shape index (κ1) is 26.4. The Morgan fingerprint density at radius 1 is 1.07 bits per heavy atom. The lowest BCUT2D eigenvalue weighted by Crippen LogP contribution is -2.40. The third kappa shape index (κ3) is 14.1. The first-order valence-corrected chi connectivity index (χ1v) is 10.5. The Hall–Kier alpha value is -0.570. The molecule has 27 heavy (non-hydrogen) atoms. The van der Waals surface area contributed by atoms with Crippen molar-refractivity contribution in [3.63, 3.8) is 0 Å². The molecule has 0 radical (unpaired) electrons. The van der Waals surface area contributed by atoms with Gasteiger partial charge in [-0.3, -0.25) is 9.79 Å². The molecule has 0 atom stereocenters. The molecule has 1 aliphatic heterocycles. The average molecular weight is 496 g/mol. The zero-order valence-electron chi connectivity index (χ0n) is 17.6. The molecule has 2 N–H and O–H groups in total. The quantitative estimate of drug-likeness (QED) is 0.143. The summed E-state index contributed by atoms with van der Waals surface area (Å²) >= 11 is 0. The average Bonchev–Trinajstić information content (AvgIpc) is 2.64. The molecule has 0 aromatic heterocycles. The second-order valence-electron chi connectivity index (χ2n) is 7.27. The number of nitrogens with zero attached hydrogens (tertiary/aromatic N) is 2. The lowest BCUT2D eigenvalue weighted by molar-refractivity contribution is -0.143. The summed E-state index contributed by atoms with van der Waals surface area (Å²) in [6, 6.07) is 0. The number of guanidine groups is 1. The van der Waals surface area contributed by atoms with Crippen LogP contribution in [0.2, 0.25) is 0 Å². The largest absolute Gasteiger partial charge is 0.466 e. The van der Waals surface area contributed by atoms with Crippen molar-refractivity contribution in [3.8, 4) is 0 Å². The molecule has 1 rings (SSSR count). The van der Waals surface area contributed by atoms with Gasteiger partial charge in [-0.2, -0.15) is 0 Å². The fourth-order valence-corrected chi connectivity index (χ4v) is 3.20. The number of carbonyl (C=O) groups excluding carboxylic acids is 1. The Morgan fingerprint density at radius 3 is 2.33 bits per heavy atom.